The number of hydrogen-bond acceptors (Lipinski definition) is 4. The maximum atomic E-state index is 13.9. The van der Waals surface area contributed by atoms with Crippen molar-refractivity contribution in [1.82, 2.24) is 0 Å². The van der Waals surface area contributed by atoms with E-state index >= 15 is 0 Å². The molecule has 1 aliphatic carbocycles. The number of benzene rings is 6. The molecule has 5 nitrogen and oxygen atoms in total. The maximum Gasteiger partial charge on any atom is 0.269 e. The largest absolute Gasteiger partial charge is 0.363 e. The number of hydrogen-bond donors (Lipinski definition) is 0. The molecule has 0 radical (unpaired) electrons. The third kappa shape index (κ3) is 10.1. The average Bonchev–Trinajstić information content (AvgIpc) is 3.54. The molecule has 0 fully saturated rings. The zero-order valence-electron chi connectivity index (χ0n) is 35.2. The Morgan fingerprint density at radius 3 is 1.68 bits per heavy atom. The van der Waals surface area contributed by atoms with E-state index in [-0.39, 0.29) is 23.3 Å². The lowest BCUT2D eigenvalue weighted by Crippen LogP contribution is -2.26. The van der Waals surface area contributed by atoms with Crippen molar-refractivity contribution in [3.63, 3.8) is 0 Å². The van der Waals surface area contributed by atoms with Gasteiger partial charge in [-0.25, -0.2) is 0 Å². The van der Waals surface area contributed by atoms with Crippen LogP contribution in [0.4, 0.5) is 11.4 Å². The summed E-state index contributed by atoms with van der Waals surface area (Å²) < 4.78 is 0. The van der Waals surface area contributed by atoms with Gasteiger partial charge in [-0.3, -0.25) is 14.9 Å². The highest BCUT2D eigenvalue weighted by Crippen LogP contribution is 2.54. The number of carbonyl (C=O) groups is 1. The summed E-state index contributed by atoms with van der Waals surface area (Å²) in [5, 5.41) is 11.2. The smallest absolute Gasteiger partial charge is 0.269 e. The number of non-ortho nitro benzene ring substituents is 1. The molecule has 0 saturated carbocycles. The highest BCUT2D eigenvalue weighted by molar-refractivity contribution is 5.99. The SMILES string of the molecule is CCCCCCC1(CCCCCC)c2cc(C#Cc3ccc(N(Cc4ccccc4)Cc4ccccc4)cc3)ccc2-c2ccc(C(=O)Cc3ccc([N+](=O)[O-])cc3)cc21. The summed E-state index contributed by atoms with van der Waals surface area (Å²) in [4.78, 5) is 27.1. The summed E-state index contributed by atoms with van der Waals surface area (Å²) in [6.07, 6.45) is 11.6. The Bertz CT molecular complexity index is 2370. The first-order valence-corrected chi connectivity index (χ1v) is 21.9. The molecule has 5 heteroatoms. The molecule has 6 aromatic rings. The first-order chi connectivity index (χ1) is 29.4. The lowest BCUT2D eigenvalue weighted by atomic mass is 9.70. The summed E-state index contributed by atoms with van der Waals surface area (Å²) in [5.41, 5.74) is 12.0. The van der Waals surface area contributed by atoms with Crippen LogP contribution >= 0.6 is 0 Å². The topological polar surface area (TPSA) is 63.5 Å². The van der Waals surface area contributed by atoms with E-state index in [4.69, 9.17) is 0 Å². The molecule has 7 rings (SSSR count). The van der Waals surface area contributed by atoms with Crippen LogP contribution in [0.5, 0.6) is 0 Å². The number of nitro groups is 1. The van der Waals surface area contributed by atoms with Gasteiger partial charge in [0, 0.05) is 59.4 Å². The van der Waals surface area contributed by atoms with Gasteiger partial charge in [0.15, 0.2) is 5.78 Å². The number of unbranched alkanes of at least 4 members (excludes halogenated alkanes) is 6. The molecule has 0 saturated heterocycles. The van der Waals surface area contributed by atoms with Gasteiger partial charge in [-0.2, -0.15) is 0 Å². The second-order valence-corrected chi connectivity index (χ2v) is 16.4. The van der Waals surface area contributed by atoms with Gasteiger partial charge < -0.3 is 4.90 Å². The fourth-order valence-corrected chi connectivity index (χ4v) is 8.89. The average molecular weight is 793 g/mol. The zero-order chi connectivity index (χ0) is 41.7. The second-order valence-electron chi connectivity index (χ2n) is 16.4. The normalized spacial score (nSPS) is 12.2. The van der Waals surface area contributed by atoms with E-state index in [0.29, 0.717) is 5.56 Å². The van der Waals surface area contributed by atoms with E-state index in [0.717, 1.165) is 61.2 Å². The van der Waals surface area contributed by atoms with Crippen molar-refractivity contribution < 1.29 is 9.72 Å². The molecule has 0 aromatic heterocycles. The van der Waals surface area contributed by atoms with Crippen LogP contribution in [-0.2, 0) is 24.9 Å². The quantitative estimate of drug-likeness (QED) is 0.0269. The van der Waals surface area contributed by atoms with Crippen LogP contribution in [0.2, 0.25) is 0 Å². The molecule has 60 heavy (non-hydrogen) atoms. The van der Waals surface area contributed by atoms with E-state index in [2.05, 4.69) is 146 Å². The van der Waals surface area contributed by atoms with E-state index in [1.54, 1.807) is 12.1 Å². The molecule has 0 atom stereocenters. The Kier molecular flexibility index (Phi) is 14.1. The number of nitrogens with zero attached hydrogens (tertiary/aromatic N) is 2. The van der Waals surface area contributed by atoms with Gasteiger partial charge in [0.1, 0.15) is 0 Å². The van der Waals surface area contributed by atoms with Crippen LogP contribution in [0.25, 0.3) is 11.1 Å². The Labute approximate surface area is 356 Å². The Hall–Kier alpha value is -6.25. The van der Waals surface area contributed by atoms with Gasteiger partial charge in [-0.05, 0) is 94.3 Å². The Balaban J connectivity index is 1.19. The van der Waals surface area contributed by atoms with Gasteiger partial charge in [-0.1, -0.05) is 168 Å². The minimum atomic E-state index is -0.409. The predicted octanol–water partition coefficient (Wildman–Crippen LogP) is 13.8. The third-order valence-corrected chi connectivity index (χ3v) is 12.1. The monoisotopic (exact) mass is 792 g/mol. The summed E-state index contributed by atoms with van der Waals surface area (Å²) in [6, 6.07) is 49.3. The third-order valence-electron chi connectivity index (χ3n) is 12.1. The van der Waals surface area contributed by atoms with Crippen molar-refractivity contribution in [2.45, 2.75) is 103 Å². The molecular weight excluding hydrogens is 737 g/mol. The van der Waals surface area contributed by atoms with Crippen molar-refractivity contribution >= 4 is 17.2 Å². The molecule has 6 aromatic carbocycles. The van der Waals surface area contributed by atoms with Crippen LogP contribution in [0.1, 0.15) is 127 Å². The van der Waals surface area contributed by atoms with Crippen molar-refractivity contribution in [2.24, 2.45) is 0 Å². The zero-order valence-corrected chi connectivity index (χ0v) is 35.2. The number of anilines is 1. The number of rotatable bonds is 19. The van der Waals surface area contributed by atoms with Gasteiger partial charge in [-0.15, -0.1) is 0 Å². The first kappa shape index (κ1) is 41.9. The standard InChI is InChI=1S/C55H56N2O3/c1-3-5-7-15-35-55(36-16-8-6-4-2)52-37-43(27-33-50(52)51-34-28-47(39-53(51)55)54(58)38-44-25-31-49(32-26-44)57(59)60)22-21-42-23-29-48(30-24-42)56(40-45-17-11-9-12-18-45)41-46-19-13-10-14-20-46/h9-14,17-20,23-34,37,39H,3-8,15-16,35-36,38,40-41H2,1-2H3. The van der Waals surface area contributed by atoms with Gasteiger partial charge in [0.05, 0.1) is 4.92 Å². The highest BCUT2D eigenvalue weighted by atomic mass is 16.6. The summed E-state index contributed by atoms with van der Waals surface area (Å²) >= 11 is 0. The highest BCUT2D eigenvalue weighted by Gasteiger charge is 2.42. The lowest BCUT2D eigenvalue weighted by molar-refractivity contribution is -0.384. The molecule has 0 unspecified atom stereocenters. The molecule has 0 bridgehead atoms. The number of carbonyl (C=O) groups excluding carboxylic acids is 1. The number of ketones is 1. The van der Waals surface area contributed by atoms with Crippen LogP contribution in [-0.4, -0.2) is 10.7 Å². The molecule has 1 aliphatic rings. The molecule has 0 aliphatic heterocycles. The Morgan fingerprint density at radius 1 is 0.583 bits per heavy atom. The molecular formula is C55H56N2O3. The number of Topliss-reactive ketones (excluding diaryl/α,β-unsaturated/α-hetero) is 1. The number of nitro benzene ring substituents is 1. The summed E-state index contributed by atoms with van der Waals surface area (Å²) in [7, 11) is 0. The van der Waals surface area contributed by atoms with Crippen molar-refractivity contribution in [3.05, 3.63) is 200 Å². The summed E-state index contributed by atoms with van der Waals surface area (Å²) in [6.45, 7) is 6.14. The van der Waals surface area contributed by atoms with Crippen LogP contribution < -0.4 is 4.90 Å². The van der Waals surface area contributed by atoms with Crippen molar-refractivity contribution in [3.8, 4) is 23.0 Å². The molecule has 0 N–H and O–H groups in total. The van der Waals surface area contributed by atoms with E-state index in [1.165, 1.54) is 84.0 Å². The van der Waals surface area contributed by atoms with E-state index in [9.17, 15) is 14.9 Å². The van der Waals surface area contributed by atoms with Crippen molar-refractivity contribution in [2.75, 3.05) is 4.90 Å². The Morgan fingerprint density at radius 2 is 1.12 bits per heavy atom. The lowest BCUT2D eigenvalue weighted by Gasteiger charge is -2.33. The second kappa shape index (κ2) is 20.1. The summed E-state index contributed by atoms with van der Waals surface area (Å²) in [5.74, 6) is 7.06. The number of fused-ring (bicyclic) bond motifs is 3. The molecule has 304 valence electrons. The van der Waals surface area contributed by atoms with Crippen LogP contribution in [0, 0.1) is 22.0 Å². The minimum Gasteiger partial charge on any atom is -0.363 e. The maximum absolute atomic E-state index is 13.9. The first-order valence-electron chi connectivity index (χ1n) is 21.9. The fraction of sp³-hybridized carbons (Fsp3) is 0.291. The van der Waals surface area contributed by atoms with Crippen LogP contribution in [0.15, 0.2) is 146 Å². The molecule has 0 amide bonds. The van der Waals surface area contributed by atoms with Gasteiger partial charge in [0.25, 0.3) is 5.69 Å². The minimum absolute atomic E-state index is 0.0225. The van der Waals surface area contributed by atoms with Gasteiger partial charge >= 0.3 is 0 Å². The van der Waals surface area contributed by atoms with E-state index < -0.39 is 4.92 Å². The molecule has 0 heterocycles. The van der Waals surface area contributed by atoms with Crippen molar-refractivity contribution in [1.29, 1.82) is 0 Å². The fourth-order valence-electron chi connectivity index (χ4n) is 8.89. The van der Waals surface area contributed by atoms with Crippen LogP contribution in [0.3, 0.4) is 0 Å². The van der Waals surface area contributed by atoms with E-state index in [1.807, 2.05) is 6.07 Å². The predicted molar refractivity (Wildman–Crippen MR) is 246 cm³/mol. The van der Waals surface area contributed by atoms with Gasteiger partial charge in [0.2, 0.25) is 0 Å². The molecule has 0 spiro atoms.